The number of nitrogens with one attached hydrogen (secondary N) is 1. The molecule has 2 atom stereocenters. The van der Waals surface area contributed by atoms with Crippen molar-refractivity contribution in [3.63, 3.8) is 0 Å². The van der Waals surface area contributed by atoms with E-state index >= 15 is 0 Å². The molecular formula is C18H22N2O. The van der Waals surface area contributed by atoms with Crippen LogP contribution in [0.2, 0.25) is 0 Å². The van der Waals surface area contributed by atoms with Gasteiger partial charge in [-0.25, -0.2) is 0 Å². The van der Waals surface area contributed by atoms with Crippen molar-refractivity contribution in [1.29, 1.82) is 0 Å². The molecule has 0 radical (unpaired) electrons. The second-order valence-electron chi connectivity index (χ2n) is 6.06. The van der Waals surface area contributed by atoms with Gasteiger partial charge in [-0.1, -0.05) is 42.5 Å². The van der Waals surface area contributed by atoms with Crippen molar-refractivity contribution in [3.05, 3.63) is 48.0 Å². The van der Waals surface area contributed by atoms with E-state index in [9.17, 15) is 4.79 Å². The van der Waals surface area contributed by atoms with Crippen LogP contribution < -0.4 is 11.1 Å². The lowest BCUT2D eigenvalue weighted by molar-refractivity contribution is -0.120. The van der Waals surface area contributed by atoms with Crippen molar-refractivity contribution in [2.24, 2.45) is 11.7 Å². The van der Waals surface area contributed by atoms with Crippen molar-refractivity contribution in [1.82, 2.24) is 5.32 Å². The molecule has 1 aliphatic carbocycles. The Morgan fingerprint density at radius 1 is 1.14 bits per heavy atom. The lowest BCUT2D eigenvalue weighted by Crippen LogP contribution is -2.30. The molecule has 110 valence electrons. The van der Waals surface area contributed by atoms with Crippen LogP contribution in [0.25, 0.3) is 10.8 Å². The Bertz CT molecular complexity index is 633. The van der Waals surface area contributed by atoms with Crippen LogP contribution in [-0.2, 0) is 11.2 Å². The molecule has 0 saturated heterocycles. The number of carbonyl (C=O) groups is 1. The van der Waals surface area contributed by atoms with Gasteiger partial charge in [0.15, 0.2) is 0 Å². The molecule has 1 aliphatic rings. The standard InChI is InChI=1S/C18H22N2O/c19-16-9-8-13(10-16)12-20-18(21)11-15-6-3-5-14-4-1-2-7-17(14)15/h1-7,13,16H,8-12,19H2,(H,20,21). The molecule has 0 aromatic heterocycles. The number of amides is 1. The van der Waals surface area contributed by atoms with Gasteiger partial charge in [0.25, 0.3) is 0 Å². The van der Waals surface area contributed by atoms with Crippen LogP contribution >= 0.6 is 0 Å². The topological polar surface area (TPSA) is 55.1 Å². The summed E-state index contributed by atoms with van der Waals surface area (Å²) in [5.74, 6) is 0.656. The summed E-state index contributed by atoms with van der Waals surface area (Å²) in [6, 6.07) is 14.7. The maximum absolute atomic E-state index is 12.2. The first-order chi connectivity index (χ1) is 10.2. The molecule has 3 N–H and O–H groups in total. The fourth-order valence-electron chi connectivity index (χ4n) is 3.24. The summed E-state index contributed by atoms with van der Waals surface area (Å²) in [6.45, 7) is 0.761. The summed E-state index contributed by atoms with van der Waals surface area (Å²) < 4.78 is 0. The number of hydrogen-bond acceptors (Lipinski definition) is 2. The summed E-state index contributed by atoms with van der Waals surface area (Å²) in [5, 5.41) is 5.41. The Kier molecular flexibility index (Phi) is 4.20. The third kappa shape index (κ3) is 3.42. The normalized spacial score (nSPS) is 21.6. The minimum absolute atomic E-state index is 0.104. The number of benzene rings is 2. The van der Waals surface area contributed by atoms with E-state index in [1.807, 2.05) is 24.3 Å². The van der Waals surface area contributed by atoms with E-state index in [-0.39, 0.29) is 5.91 Å². The highest BCUT2D eigenvalue weighted by Gasteiger charge is 2.21. The van der Waals surface area contributed by atoms with Crippen molar-refractivity contribution in [2.75, 3.05) is 6.54 Å². The molecule has 3 heteroatoms. The molecule has 0 bridgehead atoms. The maximum atomic E-state index is 12.2. The smallest absolute Gasteiger partial charge is 0.224 e. The molecule has 0 spiro atoms. The van der Waals surface area contributed by atoms with E-state index in [0.717, 1.165) is 36.8 Å². The van der Waals surface area contributed by atoms with Crippen molar-refractivity contribution in [3.8, 4) is 0 Å². The minimum Gasteiger partial charge on any atom is -0.356 e. The Morgan fingerprint density at radius 3 is 2.76 bits per heavy atom. The molecule has 2 aromatic carbocycles. The number of hydrogen-bond donors (Lipinski definition) is 2. The van der Waals surface area contributed by atoms with Crippen LogP contribution in [-0.4, -0.2) is 18.5 Å². The van der Waals surface area contributed by atoms with Gasteiger partial charge in [0.2, 0.25) is 5.91 Å². The Labute approximate surface area is 125 Å². The highest BCUT2D eigenvalue weighted by molar-refractivity contribution is 5.90. The fourth-order valence-corrected chi connectivity index (χ4v) is 3.24. The van der Waals surface area contributed by atoms with Gasteiger partial charge in [0, 0.05) is 12.6 Å². The number of carbonyl (C=O) groups excluding carboxylic acids is 1. The minimum atomic E-state index is 0.104. The first kappa shape index (κ1) is 14.1. The molecule has 3 rings (SSSR count). The molecule has 1 amide bonds. The molecule has 21 heavy (non-hydrogen) atoms. The van der Waals surface area contributed by atoms with Gasteiger partial charge in [-0.3, -0.25) is 4.79 Å². The van der Waals surface area contributed by atoms with E-state index < -0.39 is 0 Å². The zero-order valence-electron chi connectivity index (χ0n) is 12.2. The lowest BCUT2D eigenvalue weighted by Gasteiger charge is -2.12. The Morgan fingerprint density at radius 2 is 1.95 bits per heavy atom. The predicted octanol–water partition coefficient (Wildman–Crippen LogP) is 2.63. The SMILES string of the molecule is NC1CCC(CNC(=O)Cc2cccc3ccccc23)C1. The van der Waals surface area contributed by atoms with Crippen LogP contribution in [0.15, 0.2) is 42.5 Å². The van der Waals surface area contributed by atoms with E-state index in [2.05, 4.69) is 23.5 Å². The first-order valence-electron chi connectivity index (χ1n) is 7.71. The third-order valence-corrected chi connectivity index (χ3v) is 4.40. The molecule has 1 fully saturated rings. The Balaban J connectivity index is 1.61. The lowest BCUT2D eigenvalue weighted by atomic mass is 10.0. The molecule has 1 saturated carbocycles. The average molecular weight is 282 g/mol. The number of rotatable bonds is 4. The second kappa shape index (κ2) is 6.27. The van der Waals surface area contributed by atoms with Gasteiger partial charge in [-0.05, 0) is 41.5 Å². The van der Waals surface area contributed by atoms with Crippen LogP contribution in [0.3, 0.4) is 0 Å². The van der Waals surface area contributed by atoms with Gasteiger partial charge in [-0.2, -0.15) is 0 Å². The number of nitrogens with two attached hydrogens (primary N) is 1. The van der Waals surface area contributed by atoms with E-state index in [4.69, 9.17) is 5.73 Å². The molecule has 2 unspecified atom stereocenters. The molecular weight excluding hydrogens is 260 g/mol. The first-order valence-corrected chi connectivity index (χ1v) is 7.71. The highest BCUT2D eigenvalue weighted by Crippen LogP contribution is 2.23. The average Bonchev–Trinajstić information content (AvgIpc) is 2.91. The monoisotopic (exact) mass is 282 g/mol. The van der Waals surface area contributed by atoms with Crippen LogP contribution in [0.5, 0.6) is 0 Å². The molecule has 3 nitrogen and oxygen atoms in total. The summed E-state index contributed by atoms with van der Waals surface area (Å²) in [6.07, 6.45) is 3.70. The second-order valence-corrected chi connectivity index (χ2v) is 6.06. The van der Waals surface area contributed by atoms with Crippen LogP contribution in [0, 0.1) is 5.92 Å². The zero-order chi connectivity index (χ0) is 14.7. The largest absolute Gasteiger partial charge is 0.356 e. The zero-order valence-corrected chi connectivity index (χ0v) is 12.2. The molecule has 0 aliphatic heterocycles. The van der Waals surface area contributed by atoms with Crippen molar-refractivity contribution in [2.45, 2.75) is 31.7 Å². The number of fused-ring (bicyclic) bond motifs is 1. The van der Waals surface area contributed by atoms with E-state index in [0.29, 0.717) is 18.4 Å². The quantitative estimate of drug-likeness (QED) is 0.905. The van der Waals surface area contributed by atoms with Crippen LogP contribution in [0.4, 0.5) is 0 Å². The third-order valence-electron chi connectivity index (χ3n) is 4.40. The van der Waals surface area contributed by atoms with Gasteiger partial charge in [0.1, 0.15) is 0 Å². The fraction of sp³-hybridized carbons (Fsp3) is 0.389. The van der Waals surface area contributed by atoms with Gasteiger partial charge >= 0.3 is 0 Å². The van der Waals surface area contributed by atoms with Gasteiger partial charge in [0.05, 0.1) is 6.42 Å². The molecule has 0 heterocycles. The maximum Gasteiger partial charge on any atom is 0.224 e. The van der Waals surface area contributed by atoms with E-state index in [1.165, 1.54) is 5.39 Å². The van der Waals surface area contributed by atoms with Crippen LogP contribution in [0.1, 0.15) is 24.8 Å². The summed E-state index contributed by atoms with van der Waals surface area (Å²) in [7, 11) is 0. The van der Waals surface area contributed by atoms with E-state index in [1.54, 1.807) is 0 Å². The van der Waals surface area contributed by atoms with Gasteiger partial charge < -0.3 is 11.1 Å². The summed E-state index contributed by atoms with van der Waals surface area (Å²) in [5.41, 5.74) is 7.00. The van der Waals surface area contributed by atoms with Crippen molar-refractivity contribution < 1.29 is 4.79 Å². The summed E-state index contributed by atoms with van der Waals surface area (Å²) >= 11 is 0. The Hall–Kier alpha value is -1.87. The predicted molar refractivity (Wildman–Crippen MR) is 86.0 cm³/mol. The summed E-state index contributed by atoms with van der Waals surface area (Å²) in [4.78, 5) is 12.2. The van der Waals surface area contributed by atoms with Gasteiger partial charge in [-0.15, -0.1) is 0 Å². The molecule has 2 aromatic rings. The highest BCUT2D eigenvalue weighted by atomic mass is 16.1. The van der Waals surface area contributed by atoms with Crippen molar-refractivity contribution >= 4 is 16.7 Å².